The van der Waals surface area contributed by atoms with Crippen LogP contribution in [0.15, 0.2) is 35.2 Å². The Hall–Kier alpha value is -2.71. The Morgan fingerprint density at radius 3 is 2.14 bits per heavy atom. The van der Waals surface area contributed by atoms with Gasteiger partial charge in [-0.3, -0.25) is 9.59 Å². The first-order valence-corrected chi connectivity index (χ1v) is 10.1. The van der Waals surface area contributed by atoms with Crippen molar-refractivity contribution in [3.05, 3.63) is 52.6 Å². The zero-order valence-corrected chi connectivity index (χ0v) is 17.7. The van der Waals surface area contributed by atoms with Gasteiger partial charge in [-0.25, -0.2) is 12.7 Å². The van der Waals surface area contributed by atoms with E-state index in [4.69, 9.17) is 0 Å². The Balaban J connectivity index is 2.43. The van der Waals surface area contributed by atoms with Crippen molar-refractivity contribution >= 4 is 33.2 Å². The molecule has 0 unspecified atom stereocenters. The number of rotatable bonds is 5. The largest absolute Gasteiger partial charge is 0.326 e. The van der Waals surface area contributed by atoms with Gasteiger partial charge in [0.1, 0.15) is 0 Å². The molecule has 2 N–H and O–H groups in total. The first-order chi connectivity index (χ1) is 12.9. The third kappa shape index (κ3) is 4.58. The molecule has 2 rings (SSSR count). The highest BCUT2D eigenvalue weighted by atomic mass is 32.2. The van der Waals surface area contributed by atoms with Crippen molar-refractivity contribution in [1.29, 1.82) is 0 Å². The molecule has 0 bridgehead atoms. The number of aryl methyl sites for hydroxylation is 2. The smallest absolute Gasteiger partial charge is 0.255 e. The number of nitrogens with zero attached hydrogens (tertiary/aromatic N) is 1. The van der Waals surface area contributed by atoms with Gasteiger partial charge >= 0.3 is 0 Å². The lowest BCUT2D eigenvalue weighted by atomic mass is 10.1. The Kier molecular flexibility index (Phi) is 6.26. The highest BCUT2D eigenvalue weighted by molar-refractivity contribution is 7.89. The molecule has 0 radical (unpaired) electrons. The third-order valence-corrected chi connectivity index (χ3v) is 6.39. The highest BCUT2D eigenvalue weighted by Crippen LogP contribution is 2.25. The van der Waals surface area contributed by atoms with Crippen LogP contribution in [0, 0.1) is 20.8 Å². The number of carbonyl (C=O) groups is 2. The second kappa shape index (κ2) is 8.12. The van der Waals surface area contributed by atoms with E-state index in [9.17, 15) is 18.0 Å². The molecule has 0 spiro atoms. The molecule has 28 heavy (non-hydrogen) atoms. The van der Waals surface area contributed by atoms with E-state index >= 15 is 0 Å². The fourth-order valence-electron chi connectivity index (χ4n) is 2.65. The van der Waals surface area contributed by atoms with Crippen molar-refractivity contribution in [2.75, 3.05) is 24.7 Å². The summed E-state index contributed by atoms with van der Waals surface area (Å²) in [5.74, 6) is -0.643. The molecule has 0 saturated carbocycles. The van der Waals surface area contributed by atoms with Crippen molar-refractivity contribution < 1.29 is 18.0 Å². The van der Waals surface area contributed by atoms with Crippen LogP contribution in [0.5, 0.6) is 0 Å². The maximum Gasteiger partial charge on any atom is 0.255 e. The van der Waals surface area contributed by atoms with Crippen LogP contribution in [0.3, 0.4) is 0 Å². The lowest BCUT2D eigenvalue weighted by Gasteiger charge is -2.17. The molecule has 8 heteroatoms. The van der Waals surface area contributed by atoms with Crippen molar-refractivity contribution in [2.45, 2.75) is 32.6 Å². The SMILES string of the molecule is CC(=O)Nc1ccc(C)c(NC(=O)c2cc(C)c(C)c(S(=O)(=O)N(C)C)c2)c1. The summed E-state index contributed by atoms with van der Waals surface area (Å²) in [6.45, 7) is 6.72. The van der Waals surface area contributed by atoms with Crippen LogP contribution < -0.4 is 10.6 Å². The molecule has 2 aromatic rings. The van der Waals surface area contributed by atoms with E-state index in [1.165, 1.54) is 27.1 Å². The molecule has 2 aromatic carbocycles. The summed E-state index contributed by atoms with van der Waals surface area (Å²) in [7, 11) is -0.777. The molecule has 0 fully saturated rings. The zero-order chi connectivity index (χ0) is 21.2. The molecule has 0 aliphatic rings. The third-order valence-electron chi connectivity index (χ3n) is 4.45. The summed E-state index contributed by atoms with van der Waals surface area (Å²) in [5, 5.41) is 5.46. The van der Waals surface area contributed by atoms with Crippen molar-refractivity contribution in [1.82, 2.24) is 4.31 Å². The van der Waals surface area contributed by atoms with Crippen LogP contribution in [-0.2, 0) is 14.8 Å². The van der Waals surface area contributed by atoms with Gasteiger partial charge in [0.05, 0.1) is 4.90 Å². The molecule has 0 heterocycles. The van der Waals surface area contributed by atoms with Crippen molar-refractivity contribution in [2.24, 2.45) is 0 Å². The lowest BCUT2D eigenvalue weighted by molar-refractivity contribution is -0.114. The van der Waals surface area contributed by atoms with Gasteiger partial charge in [-0.1, -0.05) is 6.07 Å². The van der Waals surface area contributed by atoms with E-state index in [1.807, 2.05) is 6.92 Å². The monoisotopic (exact) mass is 403 g/mol. The lowest BCUT2D eigenvalue weighted by Crippen LogP contribution is -2.24. The van der Waals surface area contributed by atoms with Gasteiger partial charge in [0, 0.05) is 38.0 Å². The first kappa shape index (κ1) is 21.6. The zero-order valence-electron chi connectivity index (χ0n) is 16.9. The Labute approximate surface area is 165 Å². The number of anilines is 2. The van der Waals surface area contributed by atoms with Crippen LogP contribution in [-0.4, -0.2) is 38.6 Å². The average molecular weight is 404 g/mol. The van der Waals surface area contributed by atoms with E-state index < -0.39 is 15.9 Å². The van der Waals surface area contributed by atoms with Gasteiger partial charge in [0.25, 0.3) is 5.91 Å². The number of amides is 2. The van der Waals surface area contributed by atoms with Crippen molar-refractivity contribution in [3.8, 4) is 0 Å². The molecular formula is C20H25N3O4S. The summed E-state index contributed by atoms with van der Waals surface area (Å²) < 4.78 is 26.3. The Morgan fingerprint density at radius 1 is 0.929 bits per heavy atom. The maximum atomic E-state index is 12.8. The van der Waals surface area contributed by atoms with Gasteiger partial charge < -0.3 is 10.6 Å². The molecule has 0 atom stereocenters. The van der Waals surface area contributed by atoms with Crippen LogP contribution in [0.4, 0.5) is 11.4 Å². The molecule has 7 nitrogen and oxygen atoms in total. The summed E-state index contributed by atoms with van der Waals surface area (Å²) >= 11 is 0. The molecule has 0 aliphatic heterocycles. The van der Waals surface area contributed by atoms with Crippen LogP contribution in [0.2, 0.25) is 0 Å². The highest BCUT2D eigenvalue weighted by Gasteiger charge is 2.23. The van der Waals surface area contributed by atoms with E-state index in [0.717, 1.165) is 9.87 Å². The Morgan fingerprint density at radius 2 is 1.57 bits per heavy atom. The number of nitrogens with one attached hydrogen (secondary N) is 2. The van der Waals surface area contributed by atoms with Gasteiger partial charge in [-0.05, 0) is 61.7 Å². The fourth-order valence-corrected chi connectivity index (χ4v) is 3.87. The molecule has 150 valence electrons. The number of carbonyl (C=O) groups excluding carboxylic acids is 2. The van der Waals surface area contributed by atoms with E-state index in [-0.39, 0.29) is 16.4 Å². The minimum absolute atomic E-state index is 0.103. The molecule has 0 aromatic heterocycles. The van der Waals surface area contributed by atoms with Crippen LogP contribution in [0.25, 0.3) is 0 Å². The van der Waals surface area contributed by atoms with Gasteiger partial charge in [0.15, 0.2) is 0 Å². The maximum absolute atomic E-state index is 12.8. The second-order valence-corrected chi connectivity index (χ2v) is 8.99. The standard InChI is InChI=1S/C20H25N3O4S/c1-12-7-8-17(21-15(4)24)11-18(12)22-20(25)16-9-13(2)14(3)19(10-16)28(26,27)23(5)6/h7-11H,1-6H3,(H,21,24)(H,22,25). The van der Waals surface area contributed by atoms with E-state index in [1.54, 1.807) is 38.1 Å². The summed E-state index contributed by atoms with van der Waals surface area (Å²) in [4.78, 5) is 24.2. The minimum atomic E-state index is -3.68. The van der Waals surface area contributed by atoms with Gasteiger partial charge in [0.2, 0.25) is 15.9 Å². The topological polar surface area (TPSA) is 95.6 Å². The molecule has 2 amide bonds. The fraction of sp³-hybridized carbons (Fsp3) is 0.300. The number of hydrogen-bond acceptors (Lipinski definition) is 4. The molecule has 0 aliphatic carbocycles. The van der Waals surface area contributed by atoms with Crippen LogP contribution >= 0.6 is 0 Å². The summed E-state index contributed by atoms with van der Waals surface area (Å²) in [6.07, 6.45) is 0. The average Bonchev–Trinajstić information content (AvgIpc) is 2.59. The van der Waals surface area contributed by atoms with Crippen LogP contribution in [0.1, 0.15) is 34.0 Å². The molecule has 0 saturated heterocycles. The normalized spacial score (nSPS) is 11.4. The van der Waals surface area contributed by atoms with Gasteiger partial charge in [-0.15, -0.1) is 0 Å². The number of sulfonamides is 1. The van der Waals surface area contributed by atoms with Crippen molar-refractivity contribution in [3.63, 3.8) is 0 Å². The Bertz CT molecular complexity index is 1040. The quantitative estimate of drug-likeness (QED) is 0.802. The predicted octanol–water partition coefficient (Wildman–Crippen LogP) is 3.07. The summed E-state index contributed by atoms with van der Waals surface area (Å²) in [5.41, 5.74) is 3.46. The summed E-state index contributed by atoms with van der Waals surface area (Å²) in [6, 6.07) is 8.23. The van der Waals surface area contributed by atoms with Gasteiger partial charge in [-0.2, -0.15) is 0 Å². The number of hydrogen-bond donors (Lipinski definition) is 2. The first-order valence-electron chi connectivity index (χ1n) is 8.67. The van der Waals surface area contributed by atoms with E-state index in [0.29, 0.717) is 22.5 Å². The molecular weight excluding hydrogens is 378 g/mol. The minimum Gasteiger partial charge on any atom is -0.326 e. The number of benzene rings is 2. The second-order valence-electron chi connectivity index (χ2n) is 6.87. The van der Waals surface area contributed by atoms with E-state index in [2.05, 4.69) is 10.6 Å². The predicted molar refractivity (Wildman–Crippen MR) is 110 cm³/mol.